The number of aryl methyl sites for hydroxylation is 1. The summed E-state index contributed by atoms with van der Waals surface area (Å²) >= 11 is 0. The first kappa shape index (κ1) is 22.2. The van der Waals surface area contributed by atoms with Gasteiger partial charge in [0.2, 0.25) is 0 Å². The fourth-order valence-electron chi connectivity index (χ4n) is 5.20. The maximum atomic E-state index is 10.7. The third kappa shape index (κ3) is 5.10. The smallest absolute Gasteiger partial charge is 0.199 e. The number of hydrogen-bond acceptors (Lipinski definition) is 5. The predicted molar refractivity (Wildman–Crippen MR) is 124 cm³/mol. The first-order chi connectivity index (χ1) is 15.1. The molecular formula is C25H31N2O3P. The zero-order valence-electron chi connectivity index (χ0n) is 17.8. The lowest BCUT2D eigenvalue weighted by molar-refractivity contribution is 0.111. The summed E-state index contributed by atoms with van der Waals surface area (Å²) in [4.78, 5) is 21.0. The number of anilines is 1. The van der Waals surface area contributed by atoms with E-state index in [0.717, 1.165) is 55.5 Å². The molecule has 1 saturated carbocycles. The van der Waals surface area contributed by atoms with Gasteiger partial charge in [0.15, 0.2) is 8.38 Å². The van der Waals surface area contributed by atoms with Gasteiger partial charge in [0.1, 0.15) is 0 Å². The Labute approximate surface area is 185 Å². The zero-order chi connectivity index (χ0) is 21.8. The van der Waals surface area contributed by atoms with Gasteiger partial charge in [0.25, 0.3) is 0 Å². The van der Waals surface area contributed by atoms with Crippen LogP contribution in [0.3, 0.4) is 0 Å². The van der Waals surface area contributed by atoms with Crippen LogP contribution in [0.15, 0.2) is 48.5 Å². The van der Waals surface area contributed by atoms with Gasteiger partial charge < -0.3 is 19.8 Å². The van der Waals surface area contributed by atoms with Gasteiger partial charge in [-0.3, -0.25) is 0 Å². The largest absolute Gasteiger partial charge is 0.388 e. The van der Waals surface area contributed by atoms with Crippen LogP contribution in [0, 0.1) is 23.2 Å². The van der Waals surface area contributed by atoms with Crippen molar-refractivity contribution < 1.29 is 14.9 Å². The van der Waals surface area contributed by atoms with E-state index in [-0.39, 0.29) is 18.1 Å². The minimum absolute atomic E-state index is 0.00532. The Hall–Kier alpha value is -1.96. The van der Waals surface area contributed by atoms with Gasteiger partial charge in [-0.1, -0.05) is 37.1 Å². The Morgan fingerprint density at radius 1 is 1.00 bits per heavy atom. The summed E-state index contributed by atoms with van der Waals surface area (Å²) < 4.78 is 0. The number of benzene rings is 2. The molecule has 2 aliphatic rings. The Morgan fingerprint density at radius 3 is 2.29 bits per heavy atom. The van der Waals surface area contributed by atoms with Crippen LogP contribution >= 0.6 is 8.38 Å². The van der Waals surface area contributed by atoms with Crippen LogP contribution in [0.25, 0.3) is 0 Å². The second-order valence-electron chi connectivity index (χ2n) is 8.86. The van der Waals surface area contributed by atoms with E-state index >= 15 is 0 Å². The van der Waals surface area contributed by atoms with Crippen LogP contribution < -0.4 is 10.2 Å². The topological polar surface area (TPSA) is 87.7 Å². The van der Waals surface area contributed by atoms with Crippen molar-refractivity contribution in [3.05, 3.63) is 59.7 Å². The first-order valence-electron chi connectivity index (χ1n) is 11.3. The molecule has 31 heavy (non-hydrogen) atoms. The van der Waals surface area contributed by atoms with Gasteiger partial charge in [-0.05, 0) is 73.4 Å². The number of aliphatic hydroxyl groups excluding tert-OH is 1. The van der Waals surface area contributed by atoms with E-state index in [2.05, 4.69) is 35.2 Å². The van der Waals surface area contributed by atoms with E-state index < -0.39 is 8.38 Å². The number of rotatable bonds is 7. The predicted octanol–water partition coefficient (Wildman–Crippen LogP) is 4.18. The monoisotopic (exact) mass is 438 g/mol. The van der Waals surface area contributed by atoms with E-state index in [1.807, 2.05) is 12.1 Å². The van der Waals surface area contributed by atoms with E-state index in [0.29, 0.717) is 11.2 Å². The highest BCUT2D eigenvalue weighted by atomic mass is 31.2. The molecule has 5 nitrogen and oxygen atoms in total. The fraction of sp³-hybridized carbons (Fsp3) is 0.480. The molecule has 0 amide bonds. The van der Waals surface area contributed by atoms with Crippen molar-refractivity contribution in [2.24, 2.45) is 11.8 Å². The minimum Gasteiger partial charge on any atom is -0.388 e. The number of nitriles is 1. The van der Waals surface area contributed by atoms with Crippen LogP contribution in [-0.4, -0.2) is 27.5 Å². The summed E-state index contributed by atoms with van der Waals surface area (Å²) in [6.45, 7) is 0.867. The summed E-state index contributed by atoms with van der Waals surface area (Å²) in [5.74, 6) is 0.388. The van der Waals surface area contributed by atoms with Crippen LogP contribution in [0.5, 0.6) is 0 Å². The lowest BCUT2D eigenvalue weighted by atomic mass is 9.93. The van der Waals surface area contributed by atoms with Crippen molar-refractivity contribution >= 4 is 19.4 Å². The lowest BCUT2D eigenvalue weighted by Crippen LogP contribution is -2.33. The van der Waals surface area contributed by atoms with Gasteiger partial charge >= 0.3 is 0 Å². The molecule has 0 spiro atoms. The minimum atomic E-state index is -2.05. The SMILES string of the molecule is N#CC1CCN(c2ccc(C(O)C3CCCC3)cc2)C1CCc1ccc(P(O)O)cc1. The molecule has 6 heteroatoms. The van der Waals surface area contributed by atoms with Crippen molar-refractivity contribution in [2.45, 2.75) is 57.1 Å². The molecule has 164 valence electrons. The Bertz CT molecular complexity index is 888. The fourth-order valence-corrected chi connectivity index (χ4v) is 5.62. The van der Waals surface area contributed by atoms with Gasteiger partial charge in [0, 0.05) is 23.6 Å². The average molecular weight is 439 g/mol. The van der Waals surface area contributed by atoms with Crippen molar-refractivity contribution in [1.29, 1.82) is 5.26 Å². The van der Waals surface area contributed by atoms with E-state index in [1.54, 1.807) is 12.1 Å². The molecule has 3 atom stereocenters. The molecule has 0 aromatic heterocycles. The summed E-state index contributed by atoms with van der Waals surface area (Å²) in [7, 11) is -2.05. The molecule has 1 aliphatic heterocycles. The Balaban J connectivity index is 1.43. The van der Waals surface area contributed by atoms with Crippen LogP contribution in [0.4, 0.5) is 5.69 Å². The standard InChI is InChI=1S/C25H31N2O3P/c26-17-21-15-16-27(24(21)14-7-18-5-12-23(13-6-18)31(29)30)22-10-8-20(9-11-22)25(28)19-3-1-2-4-19/h5-6,8-13,19,21,24-25,28-30H,1-4,7,14-16H2. The van der Waals surface area contributed by atoms with E-state index in [1.165, 1.54) is 12.8 Å². The quantitative estimate of drug-likeness (QED) is 0.565. The van der Waals surface area contributed by atoms with Crippen molar-refractivity contribution in [1.82, 2.24) is 0 Å². The molecule has 0 bridgehead atoms. The molecular weight excluding hydrogens is 407 g/mol. The van der Waals surface area contributed by atoms with E-state index in [9.17, 15) is 20.2 Å². The van der Waals surface area contributed by atoms with Gasteiger partial charge in [-0.25, -0.2) is 0 Å². The molecule has 1 heterocycles. The second-order valence-corrected chi connectivity index (χ2v) is 9.96. The summed E-state index contributed by atoms with van der Waals surface area (Å²) in [6, 6.07) is 18.4. The molecule has 2 aromatic rings. The third-order valence-corrected chi connectivity index (χ3v) is 7.78. The summed E-state index contributed by atoms with van der Waals surface area (Å²) in [5.41, 5.74) is 3.25. The van der Waals surface area contributed by atoms with Crippen molar-refractivity contribution in [3.63, 3.8) is 0 Å². The van der Waals surface area contributed by atoms with Crippen LogP contribution in [0.1, 0.15) is 55.8 Å². The first-order valence-corrected chi connectivity index (χ1v) is 12.5. The van der Waals surface area contributed by atoms with Gasteiger partial charge in [-0.2, -0.15) is 5.26 Å². The number of aliphatic hydroxyl groups is 1. The van der Waals surface area contributed by atoms with Crippen molar-refractivity contribution in [3.8, 4) is 6.07 Å². The van der Waals surface area contributed by atoms with Gasteiger partial charge in [-0.15, -0.1) is 0 Å². The highest BCUT2D eigenvalue weighted by Gasteiger charge is 2.34. The summed E-state index contributed by atoms with van der Waals surface area (Å²) in [5, 5.41) is 20.9. The molecule has 3 unspecified atom stereocenters. The van der Waals surface area contributed by atoms with Crippen LogP contribution in [-0.2, 0) is 6.42 Å². The highest BCUT2D eigenvalue weighted by molar-refractivity contribution is 7.54. The molecule has 2 aromatic carbocycles. The summed E-state index contributed by atoms with van der Waals surface area (Å²) in [6.07, 6.45) is 6.86. The zero-order valence-corrected chi connectivity index (χ0v) is 18.7. The number of nitrogens with zero attached hydrogens (tertiary/aromatic N) is 2. The molecule has 3 N–H and O–H groups in total. The second kappa shape index (κ2) is 10.1. The van der Waals surface area contributed by atoms with Crippen molar-refractivity contribution in [2.75, 3.05) is 11.4 Å². The van der Waals surface area contributed by atoms with Gasteiger partial charge in [0.05, 0.1) is 18.1 Å². The maximum Gasteiger partial charge on any atom is 0.199 e. The normalized spacial score (nSPS) is 22.7. The molecule has 0 radical (unpaired) electrons. The Kier molecular flexibility index (Phi) is 7.25. The Morgan fingerprint density at radius 2 is 1.68 bits per heavy atom. The maximum absolute atomic E-state index is 10.7. The third-order valence-electron chi connectivity index (χ3n) is 7.02. The molecule has 4 rings (SSSR count). The van der Waals surface area contributed by atoms with Crippen LogP contribution in [0.2, 0.25) is 0 Å². The van der Waals surface area contributed by atoms with E-state index in [4.69, 9.17) is 0 Å². The lowest BCUT2D eigenvalue weighted by Gasteiger charge is -2.29. The molecule has 1 aliphatic carbocycles. The molecule has 2 fully saturated rings. The highest BCUT2D eigenvalue weighted by Crippen LogP contribution is 2.37. The number of hydrogen-bond donors (Lipinski definition) is 3. The average Bonchev–Trinajstić information content (AvgIpc) is 3.47. The molecule has 1 saturated heterocycles.